The van der Waals surface area contributed by atoms with Gasteiger partial charge in [-0.05, 0) is 35.9 Å². The van der Waals surface area contributed by atoms with E-state index in [-0.39, 0.29) is 6.54 Å². The molecule has 2 aromatic carbocycles. The largest absolute Gasteiger partial charge is 0.465 e. The van der Waals surface area contributed by atoms with Crippen molar-refractivity contribution in [3.63, 3.8) is 0 Å². The summed E-state index contributed by atoms with van der Waals surface area (Å²) in [6.07, 6.45) is -0.918. The second kappa shape index (κ2) is 7.33. The molecule has 0 aliphatic carbocycles. The van der Waals surface area contributed by atoms with Gasteiger partial charge in [0.1, 0.15) is 5.69 Å². The van der Waals surface area contributed by atoms with Crippen LogP contribution in [0.1, 0.15) is 21.5 Å². The molecule has 0 saturated carbocycles. The maximum atomic E-state index is 12.8. The molecule has 2 heterocycles. The third kappa shape index (κ3) is 3.66. The number of rotatable bonds is 4. The summed E-state index contributed by atoms with van der Waals surface area (Å²) in [6, 6.07) is 10.0. The van der Waals surface area contributed by atoms with Crippen molar-refractivity contribution in [2.75, 3.05) is 7.11 Å². The topological polar surface area (TPSA) is 61.9 Å². The molecule has 0 aliphatic heterocycles. The number of aromatic nitrogens is 4. The first-order valence-electron chi connectivity index (χ1n) is 9.00. The first-order chi connectivity index (χ1) is 14.3. The lowest BCUT2D eigenvalue weighted by molar-refractivity contribution is -0.137. The van der Waals surface area contributed by atoms with Crippen LogP contribution in [0.3, 0.4) is 0 Å². The molecule has 30 heavy (non-hydrogen) atoms. The van der Waals surface area contributed by atoms with E-state index in [1.807, 2.05) is 0 Å². The number of carbonyl (C=O) groups excluding carboxylic acids is 1. The highest BCUT2D eigenvalue weighted by molar-refractivity contribution is 5.99. The molecule has 0 spiro atoms. The Morgan fingerprint density at radius 1 is 1.13 bits per heavy atom. The highest BCUT2D eigenvalue weighted by atomic mass is 19.4. The van der Waals surface area contributed by atoms with Gasteiger partial charge in [-0.3, -0.25) is 9.36 Å². The fraction of sp³-hybridized carbons (Fsp3) is 0.190. The van der Waals surface area contributed by atoms with Crippen LogP contribution in [0.5, 0.6) is 0 Å². The van der Waals surface area contributed by atoms with Gasteiger partial charge in [0.2, 0.25) is 0 Å². The van der Waals surface area contributed by atoms with Gasteiger partial charge in [0.25, 0.3) is 0 Å². The first-order valence-corrected chi connectivity index (χ1v) is 9.00. The zero-order valence-electron chi connectivity index (χ0n) is 16.1. The Morgan fingerprint density at radius 3 is 2.47 bits per heavy atom. The fourth-order valence-electron chi connectivity index (χ4n) is 3.27. The van der Waals surface area contributed by atoms with Crippen molar-refractivity contribution in [3.8, 4) is 11.3 Å². The molecular formula is C21H17F3N4O2. The SMILES string of the molecule is COC(=O)c1ccc2c(c1)c(-c1cnn(C)c1)nn2Cc1ccc(C(F)(F)F)cc1. The summed E-state index contributed by atoms with van der Waals surface area (Å²) >= 11 is 0. The van der Waals surface area contributed by atoms with Gasteiger partial charge in [-0.25, -0.2) is 4.79 Å². The molecule has 0 radical (unpaired) electrons. The quantitative estimate of drug-likeness (QED) is 0.468. The smallest absolute Gasteiger partial charge is 0.416 e. The maximum Gasteiger partial charge on any atom is 0.416 e. The monoisotopic (exact) mass is 414 g/mol. The van der Waals surface area contributed by atoms with Crippen molar-refractivity contribution in [2.24, 2.45) is 7.05 Å². The van der Waals surface area contributed by atoms with Crippen LogP contribution < -0.4 is 0 Å². The van der Waals surface area contributed by atoms with E-state index >= 15 is 0 Å². The maximum absolute atomic E-state index is 12.8. The van der Waals surface area contributed by atoms with Crippen molar-refractivity contribution in [3.05, 3.63) is 71.5 Å². The molecule has 0 unspecified atom stereocenters. The molecule has 154 valence electrons. The van der Waals surface area contributed by atoms with Crippen LogP contribution >= 0.6 is 0 Å². The lowest BCUT2D eigenvalue weighted by Crippen LogP contribution is -2.06. The van der Waals surface area contributed by atoms with Crippen LogP contribution in [-0.2, 0) is 24.5 Å². The number of hydrogen-bond acceptors (Lipinski definition) is 4. The number of aryl methyl sites for hydroxylation is 1. The average molecular weight is 414 g/mol. The molecule has 4 rings (SSSR count). The van der Waals surface area contributed by atoms with Crippen LogP contribution in [-0.4, -0.2) is 32.6 Å². The summed E-state index contributed by atoms with van der Waals surface area (Å²) in [5, 5.41) is 9.54. The summed E-state index contributed by atoms with van der Waals surface area (Å²) in [7, 11) is 3.09. The van der Waals surface area contributed by atoms with Crippen molar-refractivity contribution in [1.29, 1.82) is 0 Å². The van der Waals surface area contributed by atoms with Crippen LogP contribution in [0.4, 0.5) is 13.2 Å². The second-order valence-corrected chi connectivity index (χ2v) is 6.83. The van der Waals surface area contributed by atoms with E-state index in [9.17, 15) is 18.0 Å². The Bertz CT molecular complexity index is 1220. The van der Waals surface area contributed by atoms with E-state index < -0.39 is 17.7 Å². The van der Waals surface area contributed by atoms with Crippen molar-refractivity contribution in [2.45, 2.75) is 12.7 Å². The summed E-state index contributed by atoms with van der Waals surface area (Å²) in [5.41, 5.74) is 2.47. The molecule has 0 bridgehead atoms. The number of carbonyl (C=O) groups is 1. The average Bonchev–Trinajstić information content (AvgIpc) is 3.30. The highest BCUT2D eigenvalue weighted by Gasteiger charge is 2.30. The first kappa shape index (κ1) is 19.7. The predicted molar refractivity (Wildman–Crippen MR) is 104 cm³/mol. The molecule has 4 aromatic rings. The number of halogens is 3. The van der Waals surface area contributed by atoms with E-state index in [0.717, 1.165) is 28.6 Å². The molecule has 6 nitrogen and oxygen atoms in total. The molecule has 0 fully saturated rings. The number of nitrogens with zero attached hydrogens (tertiary/aromatic N) is 4. The molecule has 0 atom stereocenters. The Balaban J connectivity index is 1.79. The standard InChI is InChI=1S/C21H17F3N4O2/c1-27-12-15(10-25-27)19-17-9-14(20(29)30-2)5-8-18(17)28(26-19)11-13-3-6-16(7-4-13)21(22,23)24/h3-10,12H,11H2,1-2H3. The normalized spacial score (nSPS) is 11.8. The summed E-state index contributed by atoms with van der Waals surface area (Å²) in [4.78, 5) is 12.0. The zero-order chi connectivity index (χ0) is 21.5. The lowest BCUT2D eigenvalue weighted by Gasteiger charge is -2.08. The van der Waals surface area contributed by atoms with Crippen molar-refractivity contribution >= 4 is 16.9 Å². The van der Waals surface area contributed by atoms with E-state index in [1.54, 1.807) is 47.0 Å². The molecule has 0 aliphatic rings. The third-order valence-electron chi connectivity index (χ3n) is 4.76. The van der Waals surface area contributed by atoms with Gasteiger partial charge in [0, 0.05) is 24.2 Å². The predicted octanol–water partition coefficient (Wildman–Crippen LogP) is 4.29. The number of ether oxygens (including phenoxy) is 1. The fourth-order valence-corrected chi connectivity index (χ4v) is 3.27. The van der Waals surface area contributed by atoms with Gasteiger partial charge >= 0.3 is 12.1 Å². The van der Waals surface area contributed by atoms with Crippen LogP contribution in [0.2, 0.25) is 0 Å². The Labute approximate surface area is 169 Å². The molecule has 0 saturated heterocycles. The van der Waals surface area contributed by atoms with Gasteiger partial charge in [-0.15, -0.1) is 0 Å². The number of esters is 1. The Kier molecular flexibility index (Phi) is 4.81. The van der Waals surface area contributed by atoms with Gasteiger partial charge in [0.15, 0.2) is 0 Å². The minimum Gasteiger partial charge on any atom is -0.465 e. The summed E-state index contributed by atoms with van der Waals surface area (Å²) in [6.45, 7) is 0.270. The molecular weight excluding hydrogens is 397 g/mol. The number of methoxy groups -OCH3 is 1. The Hall–Kier alpha value is -3.62. The van der Waals surface area contributed by atoms with Gasteiger partial charge in [0.05, 0.1) is 36.5 Å². The van der Waals surface area contributed by atoms with Gasteiger partial charge < -0.3 is 4.74 Å². The Morgan fingerprint density at radius 2 is 1.87 bits per heavy atom. The minimum atomic E-state index is -4.38. The number of hydrogen-bond donors (Lipinski definition) is 0. The molecule has 2 aromatic heterocycles. The van der Waals surface area contributed by atoms with E-state index in [2.05, 4.69) is 10.2 Å². The molecule has 0 N–H and O–H groups in total. The van der Waals surface area contributed by atoms with E-state index in [1.165, 1.54) is 19.2 Å². The zero-order valence-corrected chi connectivity index (χ0v) is 16.1. The number of benzene rings is 2. The molecule has 9 heteroatoms. The van der Waals surface area contributed by atoms with Crippen molar-refractivity contribution in [1.82, 2.24) is 19.6 Å². The van der Waals surface area contributed by atoms with Crippen LogP contribution in [0.25, 0.3) is 22.2 Å². The summed E-state index contributed by atoms with van der Waals surface area (Å²) < 4.78 is 46.6. The second-order valence-electron chi connectivity index (χ2n) is 6.83. The highest BCUT2D eigenvalue weighted by Crippen LogP contribution is 2.31. The van der Waals surface area contributed by atoms with Gasteiger partial charge in [-0.1, -0.05) is 12.1 Å². The lowest BCUT2D eigenvalue weighted by atomic mass is 10.1. The van der Waals surface area contributed by atoms with Gasteiger partial charge in [-0.2, -0.15) is 23.4 Å². The summed E-state index contributed by atoms with van der Waals surface area (Å²) in [5.74, 6) is -0.468. The van der Waals surface area contributed by atoms with Crippen molar-refractivity contribution < 1.29 is 22.7 Å². The van der Waals surface area contributed by atoms with Crippen LogP contribution in [0, 0.1) is 0 Å². The van der Waals surface area contributed by atoms with E-state index in [4.69, 9.17) is 4.74 Å². The third-order valence-corrected chi connectivity index (χ3v) is 4.76. The minimum absolute atomic E-state index is 0.270. The molecule has 0 amide bonds. The van der Waals surface area contributed by atoms with Crippen LogP contribution in [0.15, 0.2) is 54.9 Å². The number of alkyl halides is 3. The van der Waals surface area contributed by atoms with E-state index in [0.29, 0.717) is 16.8 Å². The number of fused-ring (bicyclic) bond motifs is 1.